The second kappa shape index (κ2) is 7.65. The predicted octanol–water partition coefficient (Wildman–Crippen LogP) is 2.81. The standard InChI is InChI=1S/C18H23N3O3S/c1-18(2,3)20-15(22)10-21(4)17(23)14-11-25-16(19-14)12-6-8-13(24-5)9-7-12/h6-9,11H,10H2,1-5H3,(H,20,22). The van der Waals surface area contributed by atoms with Crippen LogP contribution < -0.4 is 10.1 Å². The van der Waals surface area contributed by atoms with E-state index in [1.54, 1.807) is 19.5 Å². The second-order valence-electron chi connectivity index (χ2n) is 6.73. The van der Waals surface area contributed by atoms with Crippen LogP contribution in [0.3, 0.4) is 0 Å². The fourth-order valence-corrected chi connectivity index (χ4v) is 2.98. The number of carbonyl (C=O) groups excluding carboxylic acids is 2. The molecule has 0 unspecified atom stereocenters. The Labute approximate surface area is 151 Å². The number of amides is 2. The Kier molecular flexibility index (Phi) is 5.79. The Balaban J connectivity index is 2.05. The van der Waals surface area contributed by atoms with E-state index in [0.717, 1.165) is 16.3 Å². The summed E-state index contributed by atoms with van der Waals surface area (Å²) in [4.78, 5) is 30.2. The van der Waals surface area contributed by atoms with Gasteiger partial charge in [-0.1, -0.05) is 0 Å². The zero-order valence-corrected chi connectivity index (χ0v) is 15.9. The van der Waals surface area contributed by atoms with E-state index in [1.807, 2.05) is 45.0 Å². The second-order valence-corrected chi connectivity index (χ2v) is 7.58. The van der Waals surface area contributed by atoms with E-state index in [9.17, 15) is 9.59 Å². The van der Waals surface area contributed by atoms with E-state index >= 15 is 0 Å². The van der Waals surface area contributed by atoms with E-state index in [2.05, 4.69) is 10.3 Å². The largest absolute Gasteiger partial charge is 0.497 e. The number of nitrogens with zero attached hydrogens (tertiary/aromatic N) is 2. The number of methoxy groups -OCH3 is 1. The van der Waals surface area contributed by atoms with E-state index < -0.39 is 0 Å². The van der Waals surface area contributed by atoms with Gasteiger partial charge < -0.3 is 15.0 Å². The summed E-state index contributed by atoms with van der Waals surface area (Å²) in [7, 11) is 3.21. The lowest BCUT2D eigenvalue weighted by atomic mass is 10.1. The Morgan fingerprint density at radius 1 is 1.24 bits per heavy atom. The molecule has 1 aromatic heterocycles. The Morgan fingerprint density at radius 2 is 1.88 bits per heavy atom. The molecule has 0 radical (unpaired) electrons. The van der Waals surface area contributed by atoms with Crippen LogP contribution in [0.4, 0.5) is 0 Å². The van der Waals surface area contributed by atoms with Crippen LogP contribution in [0, 0.1) is 0 Å². The number of hydrogen-bond acceptors (Lipinski definition) is 5. The van der Waals surface area contributed by atoms with Crippen molar-refractivity contribution in [3.8, 4) is 16.3 Å². The van der Waals surface area contributed by atoms with Crippen LogP contribution in [0.15, 0.2) is 29.6 Å². The van der Waals surface area contributed by atoms with Gasteiger partial charge in [0, 0.05) is 23.5 Å². The van der Waals surface area contributed by atoms with Gasteiger partial charge in [0.15, 0.2) is 0 Å². The topological polar surface area (TPSA) is 71.5 Å². The average molecular weight is 361 g/mol. The van der Waals surface area contributed by atoms with Crippen LogP contribution in [0.2, 0.25) is 0 Å². The minimum absolute atomic E-state index is 0.00843. The molecule has 1 aromatic carbocycles. The first kappa shape index (κ1) is 18.9. The number of aromatic nitrogens is 1. The maximum absolute atomic E-state index is 12.5. The van der Waals surface area contributed by atoms with Crippen molar-refractivity contribution in [1.82, 2.24) is 15.2 Å². The number of likely N-dealkylation sites (N-methyl/N-ethyl adjacent to an activating group) is 1. The molecule has 0 fully saturated rings. The van der Waals surface area contributed by atoms with Gasteiger partial charge in [0.25, 0.3) is 5.91 Å². The lowest BCUT2D eigenvalue weighted by Gasteiger charge is -2.23. The highest BCUT2D eigenvalue weighted by molar-refractivity contribution is 7.13. The van der Waals surface area contributed by atoms with E-state index in [0.29, 0.717) is 5.69 Å². The van der Waals surface area contributed by atoms with Crippen LogP contribution in [-0.2, 0) is 4.79 Å². The molecule has 7 heteroatoms. The molecular formula is C18H23N3O3S. The minimum Gasteiger partial charge on any atom is -0.497 e. The third-order valence-electron chi connectivity index (χ3n) is 3.30. The summed E-state index contributed by atoms with van der Waals surface area (Å²) in [5.41, 5.74) is 0.920. The van der Waals surface area contributed by atoms with Crippen molar-refractivity contribution in [2.24, 2.45) is 0 Å². The number of benzene rings is 1. The Morgan fingerprint density at radius 3 is 2.44 bits per heavy atom. The molecule has 0 aliphatic heterocycles. The molecule has 0 saturated heterocycles. The van der Waals surface area contributed by atoms with Crippen LogP contribution in [0.1, 0.15) is 31.3 Å². The van der Waals surface area contributed by atoms with Gasteiger partial charge in [0.05, 0.1) is 13.7 Å². The fraction of sp³-hybridized carbons (Fsp3) is 0.389. The van der Waals surface area contributed by atoms with Gasteiger partial charge in [-0.2, -0.15) is 0 Å². The van der Waals surface area contributed by atoms with Crippen LogP contribution >= 0.6 is 11.3 Å². The lowest BCUT2D eigenvalue weighted by Crippen LogP contribution is -2.46. The number of ether oxygens (including phenoxy) is 1. The van der Waals surface area contributed by atoms with Crippen molar-refractivity contribution < 1.29 is 14.3 Å². The zero-order valence-electron chi connectivity index (χ0n) is 15.1. The molecule has 2 rings (SSSR count). The van der Waals surface area contributed by atoms with Gasteiger partial charge in [-0.25, -0.2) is 4.98 Å². The average Bonchev–Trinajstić information content (AvgIpc) is 3.02. The van der Waals surface area contributed by atoms with Gasteiger partial charge in [-0.05, 0) is 45.0 Å². The lowest BCUT2D eigenvalue weighted by molar-refractivity contribution is -0.122. The van der Waals surface area contributed by atoms with Crippen LogP contribution in [0.5, 0.6) is 5.75 Å². The molecule has 0 aliphatic rings. The molecule has 0 spiro atoms. The SMILES string of the molecule is COc1ccc(-c2nc(C(=O)N(C)CC(=O)NC(C)(C)C)cs2)cc1. The number of hydrogen-bond donors (Lipinski definition) is 1. The zero-order chi connectivity index (χ0) is 18.6. The highest BCUT2D eigenvalue weighted by Crippen LogP contribution is 2.26. The molecular weight excluding hydrogens is 338 g/mol. The third kappa shape index (κ3) is 5.29. The molecule has 25 heavy (non-hydrogen) atoms. The summed E-state index contributed by atoms with van der Waals surface area (Å²) in [5, 5.41) is 5.29. The number of carbonyl (C=O) groups is 2. The van der Waals surface area contributed by atoms with Crippen molar-refractivity contribution in [1.29, 1.82) is 0 Å². The Bertz CT molecular complexity index is 748. The van der Waals surface area contributed by atoms with E-state index in [-0.39, 0.29) is 23.9 Å². The van der Waals surface area contributed by atoms with Gasteiger partial charge >= 0.3 is 0 Å². The number of nitrogens with one attached hydrogen (secondary N) is 1. The quantitative estimate of drug-likeness (QED) is 0.889. The van der Waals surface area contributed by atoms with Crippen molar-refractivity contribution in [3.63, 3.8) is 0 Å². The molecule has 6 nitrogen and oxygen atoms in total. The van der Waals surface area contributed by atoms with Crippen molar-refractivity contribution in [2.75, 3.05) is 20.7 Å². The summed E-state index contributed by atoms with van der Waals surface area (Å²) in [6, 6.07) is 7.49. The molecule has 2 aromatic rings. The first-order valence-corrected chi connectivity index (χ1v) is 8.74. The smallest absolute Gasteiger partial charge is 0.273 e. The molecule has 2 amide bonds. The van der Waals surface area contributed by atoms with E-state index in [1.165, 1.54) is 16.2 Å². The third-order valence-corrected chi connectivity index (χ3v) is 4.19. The summed E-state index contributed by atoms with van der Waals surface area (Å²) in [5.74, 6) is 0.287. The van der Waals surface area contributed by atoms with Gasteiger partial charge in [-0.3, -0.25) is 9.59 Å². The summed E-state index contributed by atoms with van der Waals surface area (Å²) >= 11 is 1.39. The Hall–Kier alpha value is -2.41. The van der Waals surface area contributed by atoms with Gasteiger partial charge in [0.1, 0.15) is 16.5 Å². The number of rotatable bonds is 5. The van der Waals surface area contributed by atoms with Crippen molar-refractivity contribution >= 4 is 23.2 Å². The molecule has 0 aliphatic carbocycles. The maximum atomic E-state index is 12.5. The highest BCUT2D eigenvalue weighted by Gasteiger charge is 2.20. The molecule has 134 valence electrons. The highest BCUT2D eigenvalue weighted by atomic mass is 32.1. The summed E-state index contributed by atoms with van der Waals surface area (Å²) in [6.45, 7) is 5.68. The molecule has 0 saturated carbocycles. The first-order chi connectivity index (χ1) is 11.7. The van der Waals surface area contributed by atoms with Crippen LogP contribution in [0.25, 0.3) is 10.6 Å². The van der Waals surface area contributed by atoms with Gasteiger partial charge in [0.2, 0.25) is 5.91 Å². The number of thiazole rings is 1. The van der Waals surface area contributed by atoms with Gasteiger partial charge in [-0.15, -0.1) is 11.3 Å². The monoisotopic (exact) mass is 361 g/mol. The fourth-order valence-electron chi connectivity index (χ4n) is 2.18. The molecule has 0 bridgehead atoms. The molecule has 0 atom stereocenters. The van der Waals surface area contributed by atoms with E-state index in [4.69, 9.17) is 4.74 Å². The normalized spacial score (nSPS) is 11.1. The van der Waals surface area contributed by atoms with Crippen LogP contribution in [-0.4, -0.2) is 47.9 Å². The van der Waals surface area contributed by atoms with Crippen molar-refractivity contribution in [3.05, 3.63) is 35.3 Å². The summed E-state index contributed by atoms with van der Waals surface area (Å²) < 4.78 is 5.14. The minimum atomic E-state index is -0.330. The molecule has 1 heterocycles. The summed E-state index contributed by atoms with van der Waals surface area (Å²) in [6.07, 6.45) is 0. The molecule has 1 N–H and O–H groups in total. The van der Waals surface area contributed by atoms with Crippen molar-refractivity contribution in [2.45, 2.75) is 26.3 Å². The maximum Gasteiger partial charge on any atom is 0.273 e. The predicted molar refractivity (Wildman–Crippen MR) is 99.0 cm³/mol. The first-order valence-electron chi connectivity index (χ1n) is 7.86.